The first-order valence-corrected chi connectivity index (χ1v) is 5.01. The van der Waals surface area contributed by atoms with Gasteiger partial charge < -0.3 is 29.9 Å². The van der Waals surface area contributed by atoms with Crippen molar-refractivity contribution in [1.29, 1.82) is 0 Å². The second kappa shape index (κ2) is 5.11. The van der Waals surface area contributed by atoms with Gasteiger partial charge in [0, 0.05) is 5.57 Å². The van der Waals surface area contributed by atoms with E-state index in [4.69, 9.17) is 14.6 Å². The van der Waals surface area contributed by atoms with Crippen LogP contribution in [0.3, 0.4) is 0 Å². The molecule has 1 saturated heterocycles. The fourth-order valence-corrected chi connectivity index (χ4v) is 1.42. The van der Waals surface area contributed by atoms with Gasteiger partial charge >= 0.3 is 5.97 Å². The van der Waals surface area contributed by atoms with Gasteiger partial charge in [0.2, 0.25) is 5.79 Å². The number of rotatable bonds is 4. The standard InChI is InChI=1S/C10H16O7/c1-5(2)9(14)16-3-6-7(12)8(13)10(15,4-11)17-6/h6-8,11-13,15H,1,3-4H2,2H3/t6-,7-,8+,10-/m1/s1. The lowest BCUT2D eigenvalue weighted by atomic mass is 10.1. The van der Waals surface area contributed by atoms with Gasteiger partial charge in [-0.2, -0.15) is 0 Å². The van der Waals surface area contributed by atoms with Crippen LogP contribution in [0, 0.1) is 0 Å². The third kappa shape index (κ3) is 2.82. The molecule has 7 nitrogen and oxygen atoms in total. The minimum atomic E-state index is -2.24. The first-order chi connectivity index (χ1) is 7.81. The Labute approximate surface area is 97.9 Å². The van der Waals surface area contributed by atoms with Crippen LogP contribution in [0.1, 0.15) is 6.92 Å². The van der Waals surface area contributed by atoms with Crippen molar-refractivity contribution in [3.63, 3.8) is 0 Å². The van der Waals surface area contributed by atoms with Crippen molar-refractivity contribution < 1.29 is 34.7 Å². The molecule has 0 unspecified atom stereocenters. The molecule has 98 valence electrons. The SMILES string of the molecule is C=C(C)C(=O)OC[C@H]1O[C@](O)(CO)[C@@H](O)[C@@H]1O. The van der Waals surface area contributed by atoms with Crippen LogP contribution in [0.25, 0.3) is 0 Å². The van der Waals surface area contributed by atoms with Crippen molar-refractivity contribution in [2.75, 3.05) is 13.2 Å². The predicted molar refractivity (Wildman–Crippen MR) is 54.7 cm³/mol. The topological polar surface area (TPSA) is 116 Å². The lowest BCUT2D eigenvalue weighted by Crippen LogP contribution is -2.46. The summed E-state index contributed by atoms with van der Waals surface area (Å²) in [6, 6.07) is 0. The maximum absolute atomic E-state index is 11.1. The van der Waals surface area contributed by atoms with Crippen molar-refractivity contribution in [2.45, 2.75) is 31.0 Å². The zero-order valence-corrected chi connectivity index (χ0v) is 9.37. The quantitative estimate of drug-likeness (QED) is 0.333. The van der Waals surface area contributed by atoms with Gasteiger partial charge in [0.05, 0.1) is 6.61 Å². The van der Waals surface area contributed by atoms with Crippen LogP contribution >= 0.6 is 0 Å². The van der Waals surface area contributed by atoms with Gasteiger partial charge in [-0.05, 0) is 6.92 Å². The van der Waals surface area contributed by atoms with E-state index in [0.717, 1.165) is 0 Å². The molecule has 0 radical (unpaired) electrons. The second-order valence-electron chi connectivity index (χ2n) is 3.97. The molecule has 0 amide bonds. The summed E-state index contributed by atoms with van der Waals surface area (Å²) in [5.74, 6) is -2.91. The Bertz CT molecular complexity index is 316. The average Bonchev–Trinajstić information content (AvgIpc) is 2.51. The van der Waals surface area contributed by atoms with Crippen molar-refractivity contribution in [1.82, 2.24) is 0 Å². The van der Waals surface area contributed by atoms with Crippen LogP contribution < -0.4 is 0 Å². The highest BCUT2D eigenvalue weighted by atomic mass is 16.7. The number of carbonyl (C=O) groups excluding carboxylic acids is 1. The van der Waals surface area contributed by atoms with Crippen molar-refractivity contribution in [2.24, 2.45) is 0 Å². The Kier molecular flexibility index (Phi) is 4.23. The first-order valence-electron chi connectivity index (χ1n) is 5.01. The van der Waals surface area contributed by atoms with Crippen LogP contribution in [-0.4, -0.2) is 63.7 Å². The highest BCUT2D eigenvalue weighted by Crippen LogP contribution is 2.29. The lowest BCUT2D eigenvalue weighted by molar-refractivity contribution is -0.248. The number of hydrogen-bond donors (Lipinski definition) is 4. The molecule has 7 heteroatoms. The van der Waals surface area contributed by atoms with Crippen LogP contribution in [0.15, 0.2) is 12.2 Å². The summed E-state index contributed by atoms with van der Waals surface area (Å²) >= 11 is 0. The van der Waals surface area contributed by atoms with E-state index in [1.165, 1.54) is 6.92 Å². The minimum Gasteiger partial charge on any atom is -0.459 e. The second-order valence-corrected chi connectivity index (χ2v) is 3.97. The molecule has 1 heterocycles. The Morgan fingerprint density at radius 2 is 2.12 bits per heavy atom. The molecule has 0 spiro atoms. The van der Waals surface area contributed by atoms with Crippen LogP contribution in [0.4, 0.5) is 0 Å². The Morgan fingerprint density at radius 1 is 1.53 bits per heavy atom. The van der Waals surface area contributed by atoms with Crippen molar-refractivity contribution in [3.8, 4) is 0 Å². The number of aliphatic hydroxyl groups excluding tert-OH is 3. The Balaban J connectivity index is 2.57. The zero-order valence-electron chi connectivity index (χ0n) is 9.37. The molecular formula is C10H16O7. The number of aliphatic hydroxyl groups is 4. The van der Waals surface area contributed by atoms with Gasteiger partial charge in [-0.1, -0.05) is 6.58 Å². The van der Waals surface area contributed by atoms with Gasteiger partial charge in [0.1, 0.15) is 24.9 Å². The fraction of sp³-hybridized carbons (Fsp3) is 0.700. The number of carbonyl (C=O) groups is 1. The average molecular weight is 248 g/mol. The molecule has 0 bridgehead atoms. The predicted octanol–water partition coefficient (Wildman–Crippen LogP) is -2.09. The van der Waals surface area contributed by atoms with E-state index in [-0.39, 0.29) is 12.2 Å². The van der Waals surface area contributed by atoms with E-state index in [2.05, 4.69) is 6.58 Å². The van der Waals surface area contributed by atoms with Crippen molar-refractivity contribution >= 4 is 5.97 Å². The van der Waals surface area contributed by atoms with E-state index >= 15 is 0 Å². The summed E-state index contributed by atoms with van der Waals surface area (Å²) in [6.07, 6.45) is -4.23. The monoisotopic (exact) mass is 248 g/mol. The smallest absolute Gasteiger partial charge is 0.333 e. The molecule has 0 saturated carbocycles. The zero-order chi connectivity index (χ0) is 13.2. The van der Waals surface area contributed by atoms with Crippen molar-refractivity contribution in [3.05, 3.63) is 12.2 Å². The van der Waals surface area contributed by atoms with Gasteiger partial charge in [-0.15, -0.1) is 0 Å². The van der Waals surface area contributed by atoms with E-state index in [0.29, 0.717) is 0 Å². The van der Waals surface area contributed by atoms with Gasteiger partial charge in [0.15, 0.2) is 0 Å². The molecule has 0 aromatic heterocycles. The molecule has 1 fully saturated rings. The summed E-state index contributed by atoms with van der Waals surface area (Å²) in [4.78, 5) is 11.1. The Hall–Kier alpha value is -0.990. The maximum Gasteiger partial charge on any atom is 0.333 e. The summed E-state index contributed by atoms with van der Waals surface area (Å²) in [6.45, 7) is 3.58. The molecule has 1 rings (SSSR count). The molecule has 4 atom stereocenters. The Morgan fingerprint density at radius 3 is 2.53 bits per heavy atom. The summed E-state index contributed by atoms with van der Waals surface area (Å²) in [5.41, 5.74) is 0.176. The molecule has 0 aromatic rings. The third-order valence-electron chi connectivity index (χ3n) is 2.48. The molecular weight excluding hydrogens is 232 g/mol. The van der Waals surface area contributed by atoms with E-state index in [1.54, 1.807) is 0 Å². The van der Waals surface area contributed by atoms with Gasteiger partial charge in [0.25, 0.3) is 0 Å². The normalized spacial score (nSPS) is 36.9. The lowest BCUT2D eigenvalue weighted by Gasteiger charge is -2.22. The highest BCUT2D eigenvalue weighted by Gasteiger charge is 2.53. The van der Waals surface area contributed by atoms with Gasteiger partial charge in [-0.25, -0.2) is 4.79 Å². The summed E-state index contributed by atoms with van der Waals surface area (Å²) < 4.78 is 9.57. The van der Waals surface area contributed by atoms with E-state index in [1.807, 2.05) is 0 Å². The van der Waals surface area contributed by atoms with Crippen LogP contribution in [-0.2, 0) is 14.3 Å². The fourth-order valence-electron chi connectivity index (χ4n) is 1.42. The number of ether oxygens (including phenoxy) is 2. The molecule has 17 heavy (non-hydrogen) atoms. The van der Waals surface area contributed by atoms with E-state index < -0.39 is 36.7 Å². The third-order valence-corrected chi connectivity index (χ3v) is 2.48. The molecule has 0 aliphatic carbocycles. The first kappa shape index (κ1) is 14.1. The minimum absolute atomic E-state index is 0.176. The highest BCUT2D eigenvalue weighted by molar-refractivity contribution is 5.86. The summed E-state index contributed by atoms with van der Waals surface area (Å²) in [7, 11) is 0. The molecule has 0 aromatic carbocycles. The number of hydrogen-bond acceptors (Lipinski definition) is 7. The maximum atomic E-state index is 11.1. The summed E-state index contributed by atoms with van der Waals surface area (Å²) in [5, 5.41) is 37.3. The largest absolute Gasteiger partial charge is 0.459 e. The van der Waals surface area contributed by atoms with E-state index in [9.17, 15) is 20.1 Å². The molecule has 4 N–H and O–H groups in total. The molecule has 1 aliphatic heterocycles. The molecule has 1 aliphatic rings. The van der Waals surface area contributed by atoms with Gasteiger partial charge in [-0.3, -0.25) is 0 Å². The van der Waals surface area contributed by atoms with Crippen LogP contribution in [0.5, 0.6) is 0 Å². The number of esters is 1. The van der Waals surface area contributed by atoms with Crippen LogP contribution in [0.2, 0.25) is 0 Å².